The molecule has 0 spiro atoms. The second-order valence-electron chi connectivity index (χ2n) is 3.08. The summed E-state index contributed by atoms with van der Waals surface area (Å²) in [6, 6.07) is 8.14. The molecule has 0 fully saturated rings. The van der Waals surface area contributed by atoms with Crippen LogP contribution in [0.5, 0.6) is 0 Å². The molecule has 0 aliphatic carbocycles. The van der Waals surface area contributed by atoms with Crippen molar-refractivity contribution < 1.29 is 0 Å². The molecule has 76 valence electrons. The van der Waals surface area contributed by atoms with Gasteiger partial charge in [0.1, 0.15) is 0 Å². The van der Waals surface area contributed by atoms with Crippen LogP contribution in [0, 0.1) is 0 Å². The smallest absolute Gasteiger partial charge is 0.0390 e. The maximum absolute atomic E-state index is 5.92. The molecule has 0 unspecified atom stereocenters. The van der Waals surface area contributed by atoms with Crippen LogP contribution in [0.4, 0.5) is 0 Å². The number of benzene rings is 1. The normalized spacial score (nSPS) is 10.5. The van der Waals surface area contributed by atoms with Gasteiger partial charge in [0.2, 0.25) is 0 Å². The lowest BCUT2D eigenvalue weighted by molar-refractivity contribution is 0.461. The molecule has 0 saturated heterocycles. The van der Waals surface area contributed by atoms with Crippen molar-refractivity contribution in [1.82, 2.24) is 4.42 Å². The summed E-state index contributed by atoms with van der Waals surface area (Å²) in [7, 11) is 0. The molecule has 0 aliphatic rings. The number of nitrogens with two attached hydrogens (primary N) is 1. The summed E-state index contributed by atoms with van der Waals surface area (Å²) >= 11 is 5.92. The topological polar surface area (TPSA) is 29.3 Å². The van der Waals surface area contributed by atoms with E-state index in [2.05, 4.69) is 6.58 Å². The number of nitrogens with zero attached hydrogens (tertiary/aromatic N) is 1. The third kappa shape index (κ3) is 3.50. The molecular formula is C11H15ClN2. The molecule has 0 amide bonds. The van der Waals surface area contributed by atoms with Crippen LogP contribution < -0.4 is 5.73 Å². The van der Waals surface area contributed by atoms with Crippen LogP contribution in [0.2, 0.25) is 0 Å². The number of hydrogen-bond acceptors (Lipinski definition) is 2. The van der Waals surface area contributed by atoms with Gasteiger partial charge in [-0.15, -0.1) is 0 Å². The predicted octanol–water partition coefficient (Wildman–Crippen LogP) is 2.24. The van der Waals surface area contributed by atoms with Crippen molar-refractivity contribution >= 4 is 17.9 Å². The number of halogens is 1. The van der Waals surface area contributed by atoms with Crippen LogP contribution >= 0.6 is 11.8 Å². The minimum Gasteiger partial charge on any atom is -0.329 e. The summed E-state index contributed by atoms with van der Waals surface area (Å²) in [5, 5.41) is 0. The van der Waals surface area contributed by atoms with E-state index in [1.807, 2.05) is 30.3 Å². The average molecular weight is 211 g/mol. The zero-order valence-electron chi connectivity index (χ0n) is 8.12. The minimum atomic E-state index is 0.578. The maximum atomic E-state index is 5.92. The predicted molar refractivity (Wildman–Crippen MR) is 61.9 cm³/mol. The van der Waals surface area contributed by atoms with Gasteiger partial charge in [-0.3, -0.25) is 0 Å². The molecule has 1 aromatic rings. The highest BCUT2D eigenvalue weighted by molar-refractivity contribution is 6.13. The Morgan fingerprint density at radius 1 is 1.36 bits per heavy atom. The van der Waals surface area contributed by atoms with Crippen molar-refractivity contribution in [1.29, 1.82) is 0 Å². The van der Waals surface area contributed by atoms with Crippen molar-refractivity contribution in [3.8, 4) is 0 Å². The highest BCUT2D eigenvalue weighted by Crippen LogP contribution is 2.09. The molecule has 0 atom stereocenters. The molecule has 0 radical (unpaired) electrons. The van der Waals surface area contributed by atoms with E-state index in [9.17, 15) is 0 Å². The second kappa shape index (κ2) is 5.81. The van der Waals surface area contributed by atoms with Crippen molar-refractivity contribution in [2.24, 2.45) is 5.73 Å². The summed E-state index contributed by atoms with van der Waals surface area (Å²) in [5.74, 6) is 0. The molecule has 0 saturated carbocycles. The Labute approximate surface area is 90.1 Å². The molecule has 2 N–H and O–H groups in total. The standard InChI is InChI=1S/C11H15ClN2/c1-2-10-3-5-11(6-4-10)9-14(12)8-7-13/h2-6H,1,7-9,13H2. The van der Waals surface area contributed by atoms with Gasteiger partial charge >= 0.3 is 0 Å². The van der Waals surface area contributed by atoms with Crippen molar-refractivity contribution in [2.45, 2.75) is 6.54 Å². The SMILES string of the molecule is C=Cc1ccc(CN(Cl)CCN)cc1. The monoisotopic (exact) mass is 210 g/mol. The van der Waals surface area contributed by atoms with E-state index in [-0.39, 0.29) is 0 Å². The molecule has 0 heterocycles. The Balaban J connectivity index is 2.55. The van der Waals surface area contributed by atoms with E-state index in [4.69, 9.17) is 17.5 Å². The largest absolute Gasteiger partial charge is 0.329 e. The first-order valence-corrected chi connectivity index (χ1v) is 4.92. The molecule has 2 nitrogen and oxygen atoms in total. The Morgan fingerprint density at radius 2 is 2.00 bits per heavy atom. The first-order valence-electron chi connectivity index (χ1n) is 4.58. The molecular weight excluding hydrogens is 196 g/mol. The highest BCUT2D eigenvalue weighted by Gasteiger charge is 2.00. The summed E-state index contributed by atoms with van der Waals surface area (Å²) < 4.78 is 1.68. The van der Waals surface area contributed by atoms with E-state index in [1.54, 1.807) is 4.42 Å². The third-order valence-corrected chi connectivity index (χ3v) is 2.23. The quantitative estimate of drug-likeness (QED) is 0.756. The van der Waals surface area contributed by atoms with E-state index >= 15 is 0 Å². The van der Waals surface area contributed by atoms with E-state index in [0.717, 1.165) is 12.1 Å². The first kappa shape index (κ1) is 11.2. The van der Waals surface area contributed by atoms with Crippen LogP contribution in [0.3, 0.4) is 0 Å². The lowest BCUT2D eigenvalue weighted by Gasteiger charge is -2.11. The van der Waals surface area contributed by atoms with Crippen LogP contribution in [-0.4, -0.2) is 17.5 Å². The van der Waals surface area contributed by atoms with Gasteiger partial charge in [0, 0.05) is 19.6 Å². The van der Waals surface area contributed by atoms with Gasteiger partial charge in [0.05, 0.1) is 0 Å². The lowest BCUT2D eigenvalue weighted by Crippen LogP contribution is -2.20. The highest BCUT2D eigenvalue weighted by atomic mass is 35.5. The summed E-state index contributed by atoms with van der Waals surface area (Å²) in [6.45, 7) is 5.69. The maximum Gasteiger partial charge on any atom is 0.0390 e. The Bertz CT molecular complexity index is 282. The molecule has 14 heavy (non-hydrogen) atoms. The summed E-state index contributed by atoms with van der Waals surface area (Å²) in [4.78, 5) is 0. The molecule has 3 heteroatoms. The van der Waals surface area contributed by atoms with Gasteiger partial charge in [-0.1, -0.05) is 36.9 Å². The van der Waals surface area contributed by atoms with E-state index < -0.39 is 0 Å². The van der Waals surface area contributed by atoms with Crippen LogP contribution in [0.1, 0.15) is 11.1 Å². The zero-order chi connectivity index (χ0) is 10.4. The van der Waals surface area contributed by atoms with E-state index in [1.165, 1.54) is 5.56 Å². The zero-order valence-corrected chi connectivity index (χ0v) is 8.87. The van der Waals surface area contributed by atoms with Gasteiger partial charge in [-0.2, -0.15) is 0 Å². The van der Waals surface area contributed by atoms with Crippen LogP contribution in [-0.2, 0) is 6.54 Å². The van der Waals surface area contributed by atoms with Gasteiger partial charge in [-0.25, -0.2) is 4.42 Å². The van der Waals surface area contributed by atoms with Gasteiger partial charge in [0.15, 0.2) is 0 Å². The lowest BCUT2D eigenvalue weighted by atomic mass is 10.1. The Hall–Kier alpha value is -0.830. The van der Waals surface area contributed by atoms with Gasteiger partial charge < -0.3 is 5.73 Å². The second-order valence-corrected chi connectivity index (χ2v) is 3.56. The summed E-state index contributed by atoms with van der Waals surface area (Å²) in [5.41, 5.74) is 7.69. The molecule has 1 aromatic carbocycles. The third-order valence-electron chi connectivity index (χ3n) is 1.94. The van der Waals surface area contributed by atoms with Gasteiger partial charge in [0.25, 0.3) is 0 Å². The number of rotatable bonds is 5. The molecule has 0 bridgehead atoms. The number of hydrogen-bond donors (Lipinski definition) is 1. The first-order chi connectivity index (χ1) is 6.76. The van der Waals surface area contributed by atoms with Crippen molar-refractivity contribution in [2.75, 3.05) is 13.1 Å². The molecule has 0 aliphatic heterocycles. The minimum absolute atomic E-state index is 0.578. The summed E-state index contributed by atoms with van der Waals surface area (Å²) in [6.07, 6.45) is 1.82. The fourth-order valence-corrected chi connectivity index (χ4v) is 1.41. The van der Waals surface area contributed by atoms with Crippen molar-refractivity contribution in [3.05, 3.63) is 42.0 Å². The fourth-order valence-electron chi connectivity index (χ4n) is 1.18. The van der Waals surface area contributed by atoms with Gasteiger partial charge in [-0.05, 0) is 22.9 Å². The van der Waals surface area contributed by atoms with E-state index in [0.29, 0.717) is 13.1 Å². The Morgan fingerprint density at radius 3 is 2.50 bits per heavy atom. The average Bonchev–Trinajstić information content (AvgIpc) is 2.19. The Kier molecular flexibility index (Phi) is 4.66. The van der Waals surface area contributed by atoms with Crippen molar-refractivity contribution in [3.63, 3.8) is 0 Å². The van der Waals surface area contributed by atoms with Crippen LogP contribution in [0.25, 0.3) is 6.08 Å². The molecule has 0 aromatic heterocycles. The fraction of sp³-hybridized carbons (Fsp3) is 0.273. The van der Waals surface area contributed by atoms with Crippen LogP contribution in [0.15, 0.2) is 30.8 Å². The molecule has 1 rings (SSSR count).